The van der Waals surface area contributed by atoms with Gasteiger partial charge in [-0.2, -0.15) is 0 Å². The number of hydrogen-bond acceptors (Lipinski definition) is 2. The third-order valence-electron chi connectivity index (χ3n) is 2.63. The van der Waals surface area contributed by atoms with E-state index in [4.69, 9.17) is 9.84 Å². The summed E-state index contributed by atoms with van der Waals surface area (Å²) in [5.74, 6) is -2.99. The zero-order valence-corrected chi connectivity index (χ0v) is 9.03. The Kier molecular flexibility index (Phi) is 3.00. The molecule has 0 atom stereocenters. The molecule has 0 aromatic heterocycles. The van der Waals surface area contributed by atoms with Gasteiger partial charge in [0, 0.05) is 12.8 Å². The molecule has 1 fully saturated rings. The molecule has 1 aromatic rings. The van der Waals surface area contributed by atoms with Crippen LogP contribution in [-0.4, -0.2) is 23.1 Å². The first-order valence-corrected chi connectivity index (χ1v) is 5.30. The van der Waals surface area contributed by atoms with Gasteiger partial charge in [-0.25, -0.2) is 8.78 Å². The quantitative estimate of drug-likeness (QED) is 0.882. The zero-order valence-electron chi connectivity index (χ0n) is 9.03. The molecule has 0 radical (unpaired) electrons. The van der Waals surface area contributed by atoms with Crippen LogP contribution in [0.5, 0.6) is 5.75 Å². The van der Waals surface area contributed by atoms with E-state index in [1.807, 2.05) is 0 Å². The van der Waals surface area contributed by atoms with Gasteiger partial charge in [0.1, 0.15) is 11.9 Å². The minimum atomic E-state index is -2.59. The maximum absolute atomic E-state index is 12.6. The molecule has 2 rings (SSSR count). The van der Waals surface area contributed by atoms with Crippen molar-refractivity contribution in [3.05, 3.63) is 29.8 Å². The number of carboxylic acids is 1. The molecule has 0 amide bonds. The maximum Gasteiger partial charge on any atom is 0.307 e. The molecule has 1 aliphatic rings. The summed E-state index contributed by atoms with van der Waals surface area (Å²) in [5, 5.41) is 8.57. The van der Waals surface area contributed by atoms with Crippen LogP contribution in [0.4, 0.5) is 8.78 Å². The topological polar surface area (TPSA) is 46.5 Å². The largest absolute Gasteiger partial charge is 0.490 e. The third-order valence-corrected chi connectivity index (χ3v) is 2.63. The highest BCUT2D eigenvalue weighted by atomic mass is 19.3. The Morgan fingerprint density at radius 2 is 1.94 bits per heavy atom. The lowest BCUT2D eigenvalue weighted by molar-refractivity contribution is -0.136. The average Bonchev–Trinajstić information content (AvgIpc) is 2.17. The standard InChI is InChI=1S/C12H12F2O3/c13-12(14)6-10(7-12)17-9-3-1-8(2-4-9)5-11(15)16/h1-4,10H,5-7H2,(H,15,16). The van der Waals surface area contributed by atoms with Crippen LogP contribution in [-0.2, 0) is 11.2 Å². The lowest BCUT2D eigenvalue weighted by Gasteiger charge is -2.34. The molecule has 0 aliphatic heterocycles. The number of rotatable bonds is 4. The highest BCUT2D eigenvalue weighted by Gasteiger charge is 2.46. The highest BCUT2D eigenvalue weighted by molar-refractivity contribution is 5.70. The predicted octanol–water partition coefficient (Wildman–Crippen LogP) is 2.49. The minimum absolute atomic E-state index is 0.0538. The van der Waals surface area contributed by atoms with E-state index in [9.17, 15) is 13.6 Å². The molecule has 0 heterocycles. The Balaban J connectivity index is 1.88. The molecule has 0 unspecified atom stereocenters. The summed E-state index contributed by atoms with van der Waals surface area (Å²) in [6.07, 6.45) is -0.981. The van der Waals surface area contributed by atoms with E-state index in [-0.39, 0.29) is 19.3 Å². The summed E-state index contributed by atoms with van der Waals surface area (Å²) >= 11 is 0. The number of alkyl halides is 2. The van der Waals surface area contributed by atoms with Gasteiger partial charge in [0.05, 0.1) is 6.42 Å². The van der Waals surface area contributed by atoms with Gasteiger partial charge < -0.3 is 9.84 Å². The number of benzene rings is 1. The first kappa shape index (κ1) is 11.8. The fraction of sp³-hybridized carbons (Fsp3) is 0.417. The second kappa shape index (κ2) is 4.31. The van der Waals surface area contributed by atoms with Crippen molar-refractivity contribution in [1.29, 1.82) is 0 Å². The van der Waals surface area contributed by atoms with E-state index in [0.717, 1.165) is 0 Å². The van der Waals surface area contributed by atoms with Crippen molar-refractivity contribution in [2.45, 2.75) is 31.3 Å². The molecule has 5 heteroatoms. The van der Waals surface area contributed by atoms with Crippen molar-refractivity contribution in [2.24, 2.45) is 0 Å². The van der Waals surface area contributed by atoms with Crippen molar-refractivity contribution >= 4 is 5.97 Å². The Bertz CT molecular complexity index is 406. The van der Waals surface area contributed by atoms with E-state index in [2.05, 4.69) is 0 Å². The number of aliphatic carboxylic acids is 1. The fourth-order valence-corrected chi connectivity index (χ4v) is 1.74. The molecule has 0 bridgehead atoms. The Labute approximate surface area is 97.0 Å². The van der Waals surface area contributed by atoms with Gasteiger partial charge in [0.25, 0.3) is 5.92 Å². The van der Waals surface area contributed by atoms with E-state index in [1.165, 1.54) is 0 Å². The summed E-state index contributed by atoms with van der Waals surface area (Å²) < 4.78 is 30.4. The molecule has 17 heavy (non-hydrogen) atoms. The SMILES string of the molecule is O=C(O)Cc1ccc(OC2CC(F)(F)C2)cc1. The summed E-state index contributed by atoms with van der Waals surface area (Å²) in [7, 11) is 0. The van der Waals surface area contributed by atoms with E-state index in [1.54, 1.807) is 24.3 Å². The lowest BCUT2D eigenvalue weighted by atomic mass is 9.91. The van der Waals surface area contributed by atoms with Crippen molar-refractivity contribution in [1.82, 2.24) is 0 Å². The van der Waals surface area contributed by atoms with E-state index < -0.39 is 18.0 Å². The lowest BCUT2D eigenvalue weighted by Crippen LogP contribution is -2.43. The van der Waals surface area contributed by atoms with Crippen LogP contribution >= 0.6 is 0 Å². The van der Waals surface area contributed by atoms with E-state index in [0.29, 0.717) is 11.3 Å². The van der Waals surface area contributed by atoms with Gasteiger partial charge in [-0.3, -0.25) is 4.79 Å². The van der Waals surface area contributed by atoms with Gasteiger partial charge in [-0.1, -0.05) is 12.1 Å². The molecule has 1 N–H and O–H groups in total. The number of halogens is 2. The van der Waals surface area contributed by atoms with Crippen LogP contribution in [0.3, 0.4) is 0 Å². The second-order valence-electron chi connectivity index (χ2n) is 4.22. The maximum atomic E-state index is 12.6. The molecule has 1 saturated carbocycles. The fourth-order valence-electron chi connectivity index (χ4n) is 1.74. The van der Waals surface area contributed by atoms with Crippen LogP contribution in [0.25, 0.3) is 0 Å². The van der Waals surface area contributed by atoms with Crippen LogP contribution < -0.4 is 4.74 Å². The van der Waals surface area contributed by atoms with Gasteiger partial charge in [0.2, 0.25) is 0 Å². The Hall–Kier alpha value is -1.65. The van der Waals surface area contributed by atoms with Crippen LogP contribution in [0, 0.1) is 0 Å². The van der Waals surface area contributed by atoms with Crippen molar-refractivity contribution < 1.29 is 23.4 Å². The first-order valence-electron chi connectivity index (χ1n) is 5.30. The molecule has 1 aliphatic carbocycles. The van der Waals surface area contributed by atoms with Crippen LogP contribution in [0.15, 0.2) is 24.3 Å². The first-order chi connectivity index (χ1) is 7.94. The summed E-state index contributed by atoms with van der Waals surface area (Å²) in [6.45, 7) is 0. The summed E-state index contributed by atoms with van der Waals surface area (Å²) in [6, 6.07) is 6.46. The summed E-state index contributed by atoms with van der Waals surface area (Å²) in [4.78, 5) is 10.4. The average molecular weight is 242 g/mol. The van der Waals surface area contributed by atoms with Crippen LogP contribution in [0.2, 0.25) is 0 Å². The van der Waals surface area contributed by atoms with E-state index >= 15 is 0 Å². The van der Waals surface area contributed by atoms with Gasteiger partial charge in [-0.05, 0) is 17.7 Å². The van der Waals surface area contributed by atoms with Gasteiger partial charge in [0.15, 0.2) is 0 Å². The van der Waals surface area contributed by atoms with Gasteiger partial charge >= 0.3 is 5.97 Å². The number of carbonyl (C=O) groups is 1. The van der Waals surface area contributed by atoms with Crippen molar-refractivity contribution in [3.8, 4) is 5.75 Å². The van der Waals surface area contributed by atoms with Crippen LogP contribution in [0.1, 0.15) is 18.4 Å². The Morgan fingerprint density at radius 1 is 1.35 bits per heavy atom. The molecule has 0 saturated heterocycles. The second-order valence-corrected chi connectivity index (χ2v) is 4.22. The smallest absolute Gasteiger partial charge is 0.307 e. The van der Waals surface area contributed by atoms with Crippen molar-refractivity contribution in [2.75, 3.05) is 0 Å². The monoisotopic (exact) mass is 242 g/mol. The molecular formula is C12H12F2O3. The molecule has 92 valence electrons. The third kappa shape index (κ3) is 3.15. The predicted molar refractivity (Wildman–Crippen MR) is 56.4 cm³/mol. The molecule has 1 aromatic carbocycles. The molecular weight excluding hydrogens is 230 g/mol. The van der Waals surface area contributed by atoms with Gasteiger partial charge in [-0.15, -0.1) is 0 Å². The molecule has 3 nitrogen and oxygen atoms in total. The number of ether oxygens (including phenoxy) is 1. The minimum Gasteiger partial charge on any atom is -0.490 e. The Morgan fingerprint density at radius 3 is 2.41 bits per heavy atom. The van der Waals surface area contributed by atoms with Crippen molar-refractivity contribution in [3.63, 3.8) is 0 Å². The zero-order chi connectivity index (χ0) is 12.5. The normalized spacial score (nSPS) is 18.5. The molecule has 0 spiro atoms. The number of hydrogen-bond donors (Lipinski definition) is 1. The summed E-state index contributed by atoms with van der Waals surface area (Å²) in [5.41, 5.74) is 0.656. The highest BCUT2D eigenvalue weighted by Crippen LogP contribution is 2.39. The number of carboxylic acid groups (broad SMARTS) is 1.